The second kappa shape index (κ2) is 11.9. The van der Waals surface area contributed by atoms with Gasteiger partial charge in [-0.15, -0.1) is 0 Å². The summed E-state index contributed by atoms with van der Waals surface area (Å²) < 4.78 is 14.2. The summed E-state index contributed by atoms with van der Waals surface area (Å²) in [4.78, 5) is 25.8. The minimum absolute atomic E-state index is 0.410. The topological polar surface area (TPSA) is 251 Å². The Labute approximate surface area is 237 Å². The molecule has 0 bridgehead atoms. The zero-order chi connectivity index (χ0) is 29.4. The van der Waals surface area contributed by atoms with E-state index >= 15 is 0 Å². The van der Waals surface area contributed by atoms with Crippen molar-refractivity contribution >= 4 is 34.0 Å². The molecule has 0 radical (unpaired) electrons. The standard InChI is InChI=1S/C24H32N10O8/c35-5-11-15(37)17(39)23(41-11)33-9-31-13-19(27-7-29-21(13)33)25-3-1-2-4-26-20-14-22(30-8-28-20)34(10-32-14)24-18(40)16(38)12(6-36)42-24/h7-12,15-18,23-24,35-40H,1-6H2,(H,25,27,29)(H,26,28,30)/t11-,12-,15+,16+,17-,18+,23+,24-/m0/s1. The van der Waals surface area contributed by atoms with E-state index in [-0.39, 0.29) is 0 Å². The largest absolute Gasteiger partial charge is 0.394 e. The highest BCUT2D eigenvalue weighted by atomic mass is 16.6. The molecule has 0 saturated carbocycles. The third kappa shape index (κ3) is 5.01. The van der Waals surface area contributed by atoms with Crippen LogP contribution in [0.25, 0.3) is 22.3 Å². The number of nitrogens with one attached hydrogen (secondary N) is 2. The molecule has 18 nitrogen and oxygen atoms in total. The van der Waals surface area contributed by atoms with Gasteiger partial charge in [-0.25, -0.2) is 29.9 Å². The number of anilines is 2. The first-order valence-corrected chi connectivity index (χ1v) is 13.5. The maximum absolute atomic E-state index is 10.4. The Morgan fingerprint density at radius 3 is 1.43 bits per heavy atom. The highest BCUT2D eigenvalue weighted by Crippen LogP contribution is 2.33. The van der Waals surface area contributed by atoms with Gasteiger partial charge in [0.1, 0.15) is 49.3 Å². The molecule has 0 unspecified atom stereocenters. The summed E-state index contributed by atoms with van der Waals surface area (Å²) in [5.74, 6) is 1.01. The van der Waals surface area contributed by atoms with Crippen molar-refractivity contribution in [2.24, 2.45) is 0 Å². The van der Waals surface area contributed by atoms with Crippen LogP contribution >= 0.6 is 0 Å². The van der Waals surface area contributed by atoms with Crippen LogP contribution in [0.4, 0.5) is 11.6 Å². The fraction of sp³-hybridized carbons (Fsp3) is 0.583. The Balaban J connectivity index is 1.03. The highest BCUT2D eigenvalue weighted by Gasteiger charge is 2.45. The fourth-order valence-corrected chi connectivity index (χ4v) is 5.22. The van der Waals surface area contributed by atoms with Crippen molar-refractivity contribution in [2.45, 2.75) is 61.9 Å². The number of imidazole rings is 2. The second-order valence-corrected chi connectivity index (χ2v) is 10.1. The lowest BCUT2D eigenvalue weighted by atomic mass is 10.1. The first-order valence-electron chi connectivity index (χ1n) is 13.5. The van der Waals surface area contributed by atoms with Crippen LogP contribution < -0.4 is 10.6 Å². The van der Waals surface area contributed by atoms with Gasteiger partial charge >= 0.3 is 0 Å². The van der Waals surface area contributed by atoms with Crippen LogP contribution in [0.15, 0.2) is 25.3 Å². The Morgan fingerprint density at radius 2 is 1.05 bits per heavy atom. The molecule has 8 atom stereocenters. The predicted octanol–water partition coefficient (Wildman–Crippen LogP) is -2.51. The molecule has 2 saturated heterocycles. The first-order chi connectivity index (χ1) is 20.4. The van der Waals surface area contributed by atoms with Gasteiger partial charge in [0.25, 0.3) is 0 Å². The number of hydrogen-bond acceptors (Lipinski definition) is 16. The van der Waals surface area contributed by atoms with Crippen molar-refractivity contribution in [3.63, 3.8) is 0 Å². The van der Waals surface area contributed by atoms with Gasteiger partial charge in [-0.2, -0.15) is 0 Å². The molecular formula is C24H32N10O8. The minimum Gasteiger partial charge on any atom is -0.394 e. The lowest BCUT2D eigenvalue weighted by Gasteiger charge is -2.16. The van der Waals surface area contributed by atoms with E-state index in [9.17, 15) is 30.6 Å². The van der Waals surface area contributed by atoms with Gasteiger partial charge in [0.05, 0.1) is 25.9 Å². The summed E-state index contributed by atoms with van der Waals surface area (Å²) in [6.45, 7) is 0.292. The molecule has 2 fully saturated rings. The van der Waals surface area contributed by atoms with Crippen LogP contribution in [0.2, 0.25) is 0 Å². The zero-order valence-electron chi connectivity index (χ0n) is 22.2. The number of unbranched alkanes of at least 4 members (excludes halogenated alkanes) is 1. The molecule has 0 aromatic carbocycles. The van der Waals surface area contributed by atoms with Crippen molar-refractivity contribution in [1.82, 2.24) is 39.0 Å². The number of aromatic nitrogens is 8. The van der Waals surface area contributed by atoms with E-state index in [1.807, 2.05) is 0 Å². The molecule has 6 heterocycles. The number of nitrogens with zero attached hydrogens (tertiary/aromatic N) is 8. The normalized spacial score (nSPS) is 29.6. The summed E-state index contributed by atoms with van der Waals surface area (Å²) in [6.07, 6.45) is -1.53. The number of hydrogen-bond donors (Lipinski definition) is 8. The molecule has 6 rings (SSSR count). The molecule has 0 spiro atoms. The molecule has 42 heavy (non-hydrogen) atoms. The molecule has 8 N–H and O–H groups in total. The van der Waals surface area contributed by atoms with E-state index in [0.29, 0.717) is 47.1 Å². The van der Waals surface area contributed by atoms with Gasteiger partial charge in [0, 0.05) is 13.1 Å². The molecule has 0 aliphatic carbocycles. The van der Waals surface area contributed by atoms with E-state index in [1.54, 1.807) is 0 Å². The molecule has 2 aliphatic rings. The third-order valence-corrected chi connectivity index (χ3v) is 7.49. The minimum atomic E-state index is -1.25. The van der Waals surface area contributed by atoms with Crippen LogP contribution in [0.5, 0.6) is 0 Å². The van der Waals surface area contributed by atoms with Gasteiger partial charge in [-0.1, -0.05) is 0 Å². The van der Waals surface area contributed by atoms with Crippen molar-refractivity contribution < 1.29 is 40.1 Å². The summed E-state index contributed by atoms with van der Waals surface area (Å²) in [6, 6.07) is 0. The van der Waals surface area contributed by atoms with E-state index in [1.165, 1.54) is 34.4 Å². The lowest BCUT2D eigenvalue weighted by molar-refractivity contribution is -0.0511. The Morgan fingerprint density at radius 1 is 0.619 bits per heavy atom. The van der Waals surface area contributed by atoms with Gasteiger partial charge < -0.3 is 50.7 Å². The molecule has 226 valence electrons. The highest BCUT2D eigenvalue weighted by molar-refractivity contribution is 5.83. The third-order valence-electron chi connectivity index (χ3n) is 7.49. The van der Waals surface area contributed by atoms with Gasteiger partial charge in [0.2, 0.25) is 0 Å². The summed E-state index contributed by atoms with van der Waals surface area (Å²) >= 11 is 0. The Kier molecular flexibility index (Phi) is 8.10. The first kappa shape index (κ1) is 28.5. The number of ether oxygens (including phenoxy) is 2. The Hall–Kier alpha value is -3.62. The molecule has 0 amide bonds. The van der Waals surface area contributed by atoms with Gasteiger partial charge in [-0.3, -0.25) is 9.13 Å². The van der Waals surface area contributed by atoms with E-state index in [4.69, 9.17) is 9.47 Å². The molecule has 4 aromatic rings. The zero-order valence-corrected chi connectivity index (χ0v) is 22.2. The molecule has 18 heteroatoms. The summed E-state index contributed by atoms with van der Waals surface area (Å²) in [7, 11) is 0. The SMILES string of the molecule is OC[C@@H]1O[C@H](n2cnc3c(NCCCCNc4ncnc5c4ncn5[C@@H]4O[C@@H](CO)[C@@H](O)[C@@H]4O)ncnc32)[C@H](O)[C@@H]1O. The monoisotopic (exact) mass is 588 g/mol. The lowest BCUT2D eigenvalue weighted by Crippen LogP contribution is -2.33. The van der Waals surface area contributed by atoms with Crippen molar-refractivity contribution in [2.75, 3.05) is 36.9 Å². The molecule has 4 aromatic heterocycles. The van der Waals surface area contributed by atoms with Crippen LogP contribution in [0.3, 0.4) is 0 Å². The number of rotatable bonds is 11. The average Bonchev–Trinajstić information content (AvgIpc) is 3.76. The van der Waals surface area contributed by atoms with Crippen molar-refractivity contribution in [1.29, 1.82) is 0 Å². The number of aliphatic hydroxyl groups excluding tert-OH is 6. The van der Waals surface area contributed by atoms with E-state index in [0.717, 1.165) is 12.8 Å². The maximum atomic E-state index is 10.4. The summed E-state index contributed by atoms with van der Waals surface area (Å²) in [5, 5.41) is 66.1. The number of fused-ring (bicyclic) bond motifs is 2. The van der Waals surface area contributed by atoms with Crippen LogP contribution in [-0.4, -0.2) is 133 Å². The predicted molar refractivity (Wildman–Crippen MR) is 143 cm³/mol. The van der Waals surface area contributed by atoms with E-state index in [2.05, 4.69) is 40.5 Å². The number of aliphatic hydroxyl groups is 6. The molecular weight excluding hydrogens is 556 g/mol. The van der Waals surface area contributed by atoms with Crippen molar-refractivity contribution in [3.05, 3.63) is 25.3 Å². The van der Waals surface area contributed by atoms with Crippen LogP contribution in [0, 0.1) is 0 Å². The van der Waals surface area contributed by atoms with E-state index < -0.39 is 62.3 Å². The quantitative estimate of drug-likeness (QED) is 0.0842. The summed E-state index contributed by atoms with van der Waals surface area (Å²) in [5.41, 5.74) is 1.77. The van der Waals surface area contributed by atoms with Crippen LogP contribution in [-0.2, 0) is 9.47 Å². The van der Waals surface area contributed by atoms with Gasteiger partial charge in [0.15, 0.2) is 46.4 Å². The Bertz CT molecular complexity index is 1410. The smallest absolute Gasteiger partial charge is 0.167 e. The van der Waals surface area contributed by atoms with Crippen molar-refractivity contribution in [3.8, 4) is 0 Å². The van der Waals surface area contributed by atoms with Crippen LogP contribution in [0.1, 0.15) is 25.3 Å². The second-order valence-electron chi connectivity index (χ2n) is 10.1. The van der Waals surface area contributed by atoms with Gasteiger partial charge in [-0.05, 0) is 12.8 Å². The maximum Gasteiger partial charge on any atom is 0.167 e. The molecule has 2 aliphatic heterocycles. The average molecular weight is 589 g/mol. The fourth-order valence-electron chi connectivity index (χ4n) is 5.22.